The van der Waals surface area contributed by atoms with Gasteiger partial charge in [-0.3, -0.25) is 14.4 Å². The molecule has 2 bridgehead atoms. The highest BCUT2D eigenvalue weighted by Crippen LogP contribution is 2.59. The number of amides is 2. The number of fused-ring (bicyclic) bond motifs is 1. The lowest BCUT2D eigenvalue weighted by molar-refractivity contribution is -0.156. The highest BCUT2D eigenvalue weighted by Gasteiger charge is 2.75. The summed E-state index contributed by atoms with van der Waals surface area (Å²) in [5.41, 5.74) is 0.582. The number of unbranched alkanes of at least 4 members (excludes halogenated alkanes) is 2. The summed E-state index contributed by atoms with van der Waals surface area (Å²) < 4.78 is 12.2. The minimum absolute atomic E-state index is 0.234. The normalized spacial score (nSPS) is 26.6. The minimum Gasteiger partial charge on any atom is -0.465 e. The number of carbonyl (C=O) groups excluding carboxylic acids is 3. The Morgan fingerprint density at radius 3 is 2.43 bits per heavy atom. The van der Waals surface area contributed by atoms with Gasteiger partial charge in [0.05, 0.1) is 37.2 Å². The first-order chi connectivity index (χ1) is 20.3. The number of nitrogens with zero attached hydrogens (tertiary/aromatic N) is 3. The summed E-state index contributed by atoms with van der Waals surface area (Å²) in [4.78, 5) is 47.6. The Morgan fingerprint density at radius 2 is 1.83 bits per heavy atom. The average molecular weight is 582 g/mol. The minimum atomic E-state index is -1.16. The molecule has 9 heteroatoms. The van der Waals surface area contributed by atoms with Crippen LogP contribution in [0, 0.1) is 11.8 Å². The summed E-state index contributed by atoms with van der Waals surface area (Å²) in [5.74, 6) is -2.67. The maximum absolute atomic E-state index is 14.6. The molecule has 6 atom stereocenters. The highest BCUT2D eigenvalue weighted by atomic mass is 16.6. The largest absolute Gasteiger partial charge is 0.465 e. The van der Waals surface area contributed by atoms with Gasteiger partial charge in [-0.1, -0.05) is 19.1 Å². The van der Waals surface area contributed by atoms with Gasteiger partial charge < -0.3 is 29.3 Å². The van der Waals surface area contributed by atoms with Gasteiger partial charge in [0.2, 0.25) is 5.91 Å². The van der Waals surface area contributed by atoms with Gasteiger partial charge in [-0.2, -0.15) is 0 Å². The number of hydrogen-bond acceptors (Lipinski definition) is 7. The van der Waals surface area contributed by atoms with E-state index in [1.165, 1.54) is 4.90 Å². The lowest BCUT2D eigenvalue weighted by atomic mass is 9.70. The van der Waals surface area contributed by atoms with Gasteiger partial charge in [0.1, 0.15) is 11.6 Å². The molecule has 3 aliphatic rings. The van der Waals surface area contributed by atoms with Crippen LogP contribution in [-0.2, 0) is 23.9 Å². The SMILES string of the molecule is C=CCCCCOC(=O)[C@@H]1[C@H]2C(=O)N([C@@H](CC)CO)C(C(=O)N(CC=C)c3ccc(N(CC)CC)cc3)C23CC[C@H]1O3. The van der Waals surface area contributed by atoms with E-state index in [9.17, 15) is 19.5 Å². The molecule has 1 aromatic carbocycles. The van der Waals surface area contributed by atoms with E-state index >= 15 is 0 Å². The van der Waals surface area contributed by atoms with Crippen LogP contribution in [0.5, 0.6) is 0 Å². The Hall–Kier alpha value is -3.17. The van der Waals surface area contributed by atoms with E-state index < -0.39 is 41.6 Å². The Bertz CT molecular complexity index is 1130. The number of carbonyl (C=O) groups is 3. The van der Waals surface area contributed by atoms with Gasteiger partial charge in [-0.25, -0.2) is 0 Å². The summed E-state index contributed by atoms with van der Waals surface area (Å²) >= 11 is 0. The number of allylic oxidation sites excluding steroid dienone is 1. The van der Waals surface area contributed by atoms with E-state index in [1.54, 1.807) is 11.0 Å². The molecule has 0 radical (unpaired) electrons. The molecule has 1 spiro atoms. The highest BCUT2D eigenvalue weighted by molar-refractivity contribution is 6.05. The van der Waals surface area contributed by atoms with Crippen LogP contribution >= 0.6 is 0 Å². The molecule has 4 rings (SSSR count). The van der Waals surface area contributed by atoms with Crippen LogP contribution in [0.2, 0.25) is 0 Å². The van der Waals surface area contributed by atoms with E-state index in [1.807, 2.05) is 37.3 Å². The summed E-state index contributed by atoms with van der Waals surface area (Å²) in [7, 11) is 0. The zero-order valence-electron chi connectivity index (χ0n) is 25.4. The second kappa shape index (κ2) is 13.9. The van der Waals surface area contributed by atoms with Crippen LogP contribution in [0.1, 0.15) is 59.3 Å². The molecule has 9 nitrogen and oxygen atoms in total. The van der Waals surface area contributed by atoms with Crippen LogP contribution in [0.4, 0.5) is 11.4 Å². The lowest BCUT2D eigenvalue weighted by Gasteiger charge is -2.39. The molecule has 3 heterocycles. The molecule has 42 heavy (non-hydrogen) atoms. The third kappa shape index (κ3) is 5.61. The standard InChI is InChI=1S/C33H47N3O6/c1-6-11-12-13-21-41-32(40)27-26-18-19-33(42-26)28(27)30(38)36(23(8-3)22-37)29(33)31(39)35(20-7-2)25-16-14-24(15-17-25)34(9-4)10-5/h6-7,14-17,23,26-29,37H,1-2,8-13,18-22H2,3-5H3/t23-,26+,27-,28-,29?,33?/m0/s1. The zero-order valence-corrected chi connectivity index (χ0v) is 25.4. The van der Waals surface area contributed by atoms with Crippen molar-refractivity contribution in [3.05, 3.63) is 49.6 Å². The van der Waals surface area contributed by atoms with Gasteiger partial charge >= 0.3 is 5.97 Å². The number of ether oxygens (including phenoxy) is 2. The van der Waals surface area contributed by atoms with Crippen molar-refractivity contribution in [2.45, 2.75) is 83.1 Å². The Kier molecular flexibility index (Phi) is 10.5. The molecule has 3 fully saturated rings. The second-order valence-corrected chi connectivity index (χ2v) is 11.4. The van der Waals surface area contributed by atoms with Gasteiger partial charge in [0.15, 0.2) is 0 Å². The van der Waals surface area contributed by atoms with Crippen molar-refractivity contribution in [3.63, 3.8) is 0 Å². The van der Waals surface area contributed by atoms with Crippen LogP contribution in [0.25, 0.3) is 0 Å². The number of likely N-dealkylation sites (tertiary alicyclic amines) is 1. The van der Waals surface area contributed by atoms with Crippen LogP contribution in [0.3, 0.4) is 0 Å². The molecule has 1 aromatic rings. The van der Waals surface area contributed by atoms with Crippen LogP contribution < -0.4 is 9.80 Å². The Labute approximate surface area is 250 Å². The summed E-state index contributed by atoms with van der Waals surface area (Å²) in [6, 6.07) is 6.24. The van der Waals surface area contributed by atoms with Gasteiger partial charge in [0.25, 0.3) is 5.91 Å². The van der Waals surface area contributed by atoms with E-state index in [0.29, 0.717) is 31.4 Å². The molecular weight excluding hydrogens is 534 g/mol. The molecule has 3 saturated heterocycles. The van der Waals surface area contributed by atoms with Crippen LogP contribution in [0.15, 0.2) is 49.6 Å². The molecule has 230 valence electrons. The summed E-state index contributed by atoms with van der Waals surface area (Å²) in [6.45, 7) is 15.6. The Morgan fingerprint density at radius 1 is 1.14 bits per heavy atom. The monoisotopic (exact) mass is 581 g/mol. The van der Waals surface area contributed by atoms with Crippen molar-refractivity contribution in [2.75, 3.05) is 42.6 Å². The van der Waals surface area contributed by atoms with E-state index in [2.05, 4.69) is 31.9 Å². The maximum Gasteiger partial charge on any atom is 0.312 e. The number of benzene rings is 1. The van der Waals surface area contributed by atoms with E-state index in [-0.39, 0.29) is 31.6 Å². The molecular formula is C33H47N3O6. The number of hydrogen-bond donors (Lipinski definition) is 1. The third-order valence-electron chi connectivity index (χ3n) is 9.23. The summed E-state index contributed by atoms with van der Waals surface area (Å²) in [6.07, 6.45) is 6.93. The van der Waals surface area contributed by atoms with Crippen molar-refractivity contribution in [2.24, 2.45) is 11.8 Å². The fourth-order valence-electron chi connectivity index (χ4n) is 7.14. The first-order valence-electron chi connectivity index (χ1n) is 15.5. The smallest absolute Gasteiger partial charge is 0.312 e. The Balaban J connectivity index is 1.68. The van der Waals surface area contributed by atoms with Crippen molar-refractivity contribution in [1.82, 2.24) is 4.90 Å². The number of esters is 1. The van der Waals surface area contributed by atoms with Crippen molar-refractivity contribution < 1.29 is 29.0 Å². The molecule has 1 N–H and O–H groups in total. The second-order valence-electron chi connectivity index (χ2n) is 11.4. The summed E-state index contributed by atoms with van der Waals surface area (Å²) in [5, 5.41) is 10.3. The predicted molar refractivity (Wildman–Crippen MR) is 163 cm³/mol. The van der Waals surface area contributed by atoms with Crippen molar-refractivity contribution in [3.8, 4) is 0 Å². The molecule has 0 aliphatic carbocycles. The van der Waals surface area contributed by atoms with Crippen molar-refractivity contribution in [1.29, 1.82) is 0 Å². The quantitative estimate of drug-likeness (QED) is 0.178. The van der Waals surface area contributed by atoms with E-state index in [0.717, 1.165) is 31.6 Å². The molecule has 2 unspecified atom stereocenters. The number of aliphatic hydroxyl groups is 1. The average Bonchev–Trinajstić information content (AvgIpc) is 3.65. The number of aliphatic hydroxyl groups excluding tert-OH is 1. The topological polar surface area (TPSA) is 99.6 Å². The lowest BCUT2D eigenvalue weighted by Crippen LogP contribution is -2.59. The van der Waals surface area contributed by atoms with Gasteiger partial charge in [-0.15, -0.1) is 13.2 Å². The molecule has 2 amide bonds. The molecule has 0 saturated carbocycles. The fraction of sp³-hybridized carbons (Fsp3) is 0.606. The molecule has 0 aromatic heterocycles. The number of rotatable bonds is 16. The van der Waals surface area contributed by atoms with Crippen LogP contribution in [-0.4, -0.2) is 84.4 Å². The maximum atomic E-state index is 14.6. The molecule has 3 aliphatic heterocycles. The third-order valence-corrected chi connectivity index (χ3v) is 9.23. The first kappa shape index (κ1) is 31.8. The zero-order chi connectivity index (χ0) is 30.4. The number of anilines is 2. The van der Waals surface area contributed by atoms with E-state index in [4.69, 9.17) is 9.47 Å². The fourth-order valence-corrected chi connectivity index (χ4v) is 7.14. The first-order valence-corrected chi connectivity index (χ1v) is 15.5. The van der Waals surface area contributed by atoms with Gasteiger partial charge in [-0.05, 0) is 76.6 Å². The predicted octanol–water partition coefficient (Wildman–Crippen LogP) is 4.10. The van der Waals surface area contributed by atoms with Crippen molar-refractivity contribution >= 4 is 29.2 Å². The van der Waals surface area contributed by atoms with Gasteiger partial charge in [0, 0.05) is 31.0 Å².